The topological polar surface area (TPSA) is 67.1 Å². The zero-order valence-corrected chi connectivity index (χ0v) is 14.9. The number of rotatable bonds is 5. The molecular formula is C22H26N2O3. The minimum Gasteiger partial charge on any atom is -0.494 e. The predicted octanol–water partition coefficient (Wildman–Crippen LogP) is 5.58. The second kappa shape index (κ2) is 9.48. The number of fused-ring (bicyclic) bond motifs is 2. The maximum absolute atomic E-state index is 10.6. The van der Waals surface area contributed by atoms with Crippen LogP contribution in [0.3, 0.4) is 0 Å². The number of benzene rings is 2. The smallest absolute Gasteiger partial charge is 0.152 e. The summed E-state index contributed by atoms with van der Waals surface area (Å²) in [5, 5.41) is 2.15. The van der Waals surface area contributed by atoms with Crippen molar-refractivity contribution in [2.45, 2.75) is 21.3 Å². The van der Waals surface area contributed by atoms with Crippen LogP contribution >= 0.6 is 0 Å². The molecule has 0 bridgehead atoms. The molecule has 27 heavy (non-hydrogen) atoms. The maximum Gasteiger partial charge on any atom is 0.152 e. The van der Waals surface area contributed by atoms with Gasteiger partial charge < -0.3 is 19.4 Å². The minimum atomic E-state index is 0. The summed E-state index contributed by atoms with van der Waals surface area (Å²) in [6.45, 7) is 5.29. The lowest BCUT2D eigenvalue weighted by atomic mass is 10.2. The van der Waals surface area contributed by atoms with Crippen LogP contribution in [0.25, 0.3) is 21.8 Å². The Morgan fingerprint density at radius 3 is 2.22 bits per heavy atom. The van der Waals surface area contributed by atoms with E-state index >= 15 is 0 Å². The van der Waals surface area contributed by atoms with Crippen LogP contribution < -0.4 is 9.47 Å². The number of hydrogen-bond acceptors (Lipinski definition) is 3. The molecule has 0 amide bonds. The van der Waals surface area contributed by atoms with Crippen molar-refractivity contribution in [3.05, 3.63) is 60.4 Å². The van der Waals surface area contributed by atoms with E-state index in [4.69, 9.17) is 9.47 Å². The second-order valence-corrected chi connectivity index (χ2v) is 5.66. The molecule has 142 valence electrons. The third kappa shape index (κ3) is 4.70. The third-order valence-corrected chi connectivity index (χ3v) is 3.96. The number of carbonyl (C=O) groups is 1. The molecule has 0 saturated carbocycles. The molecular weight excluding hydrogens is 340 g/mol. The normalized spacial score (nSPS) is 10.0. The van der Waals surface area contributed by atoms with Gasteiger partial charge in [-0.05, 0) is 49.6 Å². The Hall–Kier alpha value is -3.21. The molecule has 0 aliphatic rings. The van der Waals surface area contributed by atoms with Crippen LogP contribution in [0, 0.1) is 0 Å². The summed E-state index contributed by atoms with van der Waals surface area (Å²) in [5.74, 6) is 1.74. The molecule has 2 N–H and O–H groups in total. The fraction of sp³-hybridized carbons (Fsp3) is 0.227. The van der Waals surface area contributed by atoms with Crippen LogP contribution in [0.4, 0.5) is 0 Å². The molecule has 0 fully saturated rings. The van der Waals surface area contributed by atoms with E-state index in [1.54, 1.807) is 6.20 Å². The SMILES string of the molecule is C.CCOc1ccc2c(C=O)c[nH]c2c1.CCOc1ccc2cc[nH]c2c1. The summed E-state index contributed by atoms with van der Waals surface area (Å²) >= 11 is 0. The van der Waals surface area contributed by atoms with Crippen LogP contribution in [-0.4, -0.2) is 29.5 Å². The van der Waals surface area contributed by atoms with E-state index in [0.717, 1.165) is 34.2 Å². The number of aromatic nitrogens is 2. The highest BCUT2D eigenvalue weighted by atomic mass is 16.5. The average Bonchev–Trinajstić information content (AvgIpc) is 3.28. The lowest BCUT2D eigenvalue weighted by Crippen LogP contribution is -1.90. The van der Waals surface area contributed by atoms with Gasteiger partial charge in [0, 0.05) is 46.5 Å². The van der Waals surface area contributed by atoms with Crippen LogP contribution in [0.1, 0.15) is 31.6 Å². The zero-order valence-electron chi connectivity index (χ0n) is 14.9. The summed E-state index contributed by atoms with van der Waals surface area (Å²) in [5.41, 5.74) is 2.74. The van der Waals surface area contributed by atoms with Crippen molar-refractivity contribution < 1.29 is 14.3 Å². The van der Waals surface area contributed by atoms with Gasteiger partial charge in [-0.3, -0.25) is 4.79 Å². The van der Waals surface area contributed by atoms with Crippen molar-refractivity contribution in [2.75, 3.05) is 13.2 Å². The summed E-state index contributed by atoms with van der Waals surface area (Å²) in [4.78, 5) is 16.8. The van der Waals surface area contributed by atoms with Gasteiger partial charge in [0.05, 0.1) is 13.2 Å². The predicted molar refractivity (Wildman–Crippen MR) is 111 cm³/mol. The van der Waals surface area contributed by atoms with E-state index in [2.05, 4.69) is 16.0 Å². The number of nitrogens with one attached hydrogen (secondary N) is 2. The van der Waals surface area contributed by atoms with Crippen molar-refractivity contribution in [1.29, 1.82) is 0 Å². The van der Waals surface area contributed by atoms with Gasteiger partial charge in [0.1, 0.15) is 11.5 Å². The molecule has 2 aromatic carbocycles. The zero-order chi connectivity index (χ0) is 18.4. The van der Waals surface area contributed by atoms with E-state index in [1.807, 2.05) is 56.4 Å². The third-order valence-electron chi connectivity index (χ3n) is 3.96. The highest BCUT2D eigenvalue weighted by Gasteiger charge is 2.03. The van der Waals surface area contributed by atoms with E-state index < -0.39 is 0 Å². The molecule has 5 nitrogen and oxygen atoms in total. The maximum atomic E-state index is 10.6. The van der Waals surface area contributed by atoms with Crippen LogP contribution in [0.15, 0.2) is 54.9 Å². The summed E-state index contributed by atoms with van der Waals surface area (Å²) in [6, 6.07) is 13.7. The van der Waals surface area contributed by atoms with Crippen molar-refractivity contribution in [3.63, 3.8) is 0 Å². The Morgan fingerprint density at radius 2 is 1.56 bits per heavy atom. The Balaban J connectivity index is 0.000000189. The first-order chi connectivity index (χ1) is 12.7. The second-order valence-electron chi connectivity index (χ2n) is 5.66. The van der Waals surface area contributed by atoms with Crippen LogP contribution in [-0.2, 0) is 0 Å². The van der Waals surface area contributed by atoms with Gasteiger partial charge in [0.2, 0.25) is 0 Å². The number of aromatic amines is 2. The molecule has 0 saturated heterocycles. The van der Waals surface area contributed by atoms with Gasteiger partial charge in [0.15, 0.2) is 6.29 Å². The summed E-state index contributed by atoms with van der Waals surface area (Å²) < 4.78 is 10.7. The number of ether oxygens (including phenoxy) is 2. The fourth-order valence-electron chi connectivity index (χ4n) is 2.77. The highest BCUT2D eigenvalue weighted by Crippen LogP contribution is 2.22. The van der Waals surface area contributed by atoms with Gasteiger partial charge in [-0.1, -0.05) is 7.43 Å². The summed E-state index contributed by atoms with van der Waals surface area (Å²) in [7, 11) is 0. The molecule has 0 spiro atoms. The first-order valence-electron chi connectivity index (χ1n) is 8.64. The largest absolute Gasteiger partial charge is 0.494 e. The Bertz CT molecular complexity index is 1000. The molecule has 4 rings (SSSR count). The molecule has 0 aliphatic heterocycles. The first kappa shape index (κ1) is 20.1. The molecule has 5 heteroatoms. The molecule has 0 unspecified atom stereocenters. The first-order valence-corrected chi connectivity index (χ1v) is 8.64. The van der Waals surface area contributed by atoms with Crippen molar-refractivity contribution in [3.8, 4) is 11.5 Å². The number of aldehydes is 1. The monoisotopic (exact) mass is 366 g/mol. The molecule has 2 heterocycles. The van der Waals surface area contributed by atoms with E-state index in [9.17, 15) is 4.79 Å². The highest BCUT2D eigenvalue weighted by molar-refractivity contribution is 5.97. The number of carbonyl (C=O) groups excluding carboxylic acids is 1. The lowest BCUT2D eigenvalue weighted by molar-refractivity contribution is 0.112. The number of H-pyrrole nitrogens is 2. The standard InChI is InChI=1S/C11H11NO2.C10H11NO.CH4/c1-2-14-9-3-4-10-8(7-13)6-12-11(10)5-9;1-2-12-9-4-3-8-5-6-11-10(8)7-9;/h3-7,12H,2H2,1H3;3-7,11H,2H2,1H3;1H4. The van der Waals surface area contributed by atoms with Gasteiger partial charge in [-0.2, -0.15) is 0 Å². The lowest BCUT2D eigenvalue weighted by Gasteiger charge is -2.01. The number of hydrogen-bond donors (Lipinski definition) is 2. The quantitative estimate of drug-likeness (QED) is 0.453. The fourth-order valence-corrected chi connectivity index (χ4v) is 2.77. The van der Waals surface area contributed by atoms with Crippen molar-refractivity contribution >= 4 is 28.1 Å². The van der Waals surface area contributed by atoms with Gasteiger partial charge in [0.25, 0.3) is 0 Å². The van der Waals surface area contributed by atoms with E-state index in [0.29, 0.717) is 18.8 Å². The molecule has 2 aromatic heterocycles. The molecule has 0 atom stereocenters. The van der Waals surface area contributed by atoms with Crippen molar-refractivity contribution in [2.24, 2.45) is 0 Å². The average molecular weight is 366 g/mol. The van der Waals surface area contributed by atoms with Gasteiger partial charge >= 0.3 is 0 Å². The van der Waals surface area contributed by atoms with Gasteiger partial charge in [-0.25, -0.2) is 0 Å². The Labute approximate surface area is 159 Å². The Kier molecular flexibility index (Phi) is 7.06. The van der Waals surface area contributed by atoms with Crippen molar-refractivity contribution in [1.82, 2.24) is 9.97 Å². The van der Waals surface area contributed by atoms with Crippen LogP contribution in [0.5, 0.6) is 11.5 Å². The van der Waals surface area contributed by atoms with Crippen LogP contribution in [0.2, 0.25) is 0 Å². The molecule has 4 aromatic rings. The minimum absolute atomic E-state index is 0. The molecule has 0 radical (unpaired) electrons. The van der Waals surface area contributed by atoms with E-state index in [1.165, 1.54) is 5.39 Å². The van der Waals surface area contributed by atoms with E-state index in [-0.39, 0.29) is 7.43 Å². The summed E-state index contributed by atoms with van der Waals surface area (Å²) in [6.07, 6.45) is 4.48. The van der Waals surface area contributed by atoms with Gasteiger partial charge in [-0.15, -0.1) is 0 Å². The molecule has 0 aliphatic carbocycles. The Morgan fingerprint density at radius 1 is 0.889 bits per heavy atom.